The van der Waals surface area contributed by atoms with Crippen LogP contribution in [0.25, 0.3) is 0 Å². The summed E-state index contributed by atoms with van der Waals surface area (Å²) in [7, 11) is 0.949. The van der Waals surface area contributed by atoms with Gasteiger partial charge in [-0.05, 0) is 61.6 Å². The molecule has 11 nitrogen and oxygen atoms in total. The van der Waals surface area contributed by atoms with Crippen LogP contribution >= 0.6 is 0 Å². The molecule has 2 saturated heterocycles. The highest BCUT2D eigenvalue weighted by atomic mass is 32.2. The first-order chi connectivity index (χ1) is 21.7. The van der Waals surface area contributed by atoms with E-state index in [0.29, 0.717) is 55.9 Å². The number of rotatable bonds is 17. The van der Waals surface area contributed by atoms with Gasteiger partial charge in [-0.1, -0.05) is 19.1 Å². The molecule has 45 heavy (non-hydrogen) atoms. The molecule has 0 bridgehead atoms. The van der Waals surface area contributed by atoms with E-state index in [4.69, 9.17) is 33.2 Å². The van der Waals surface area contributed by atoms with Gasteiger partial charge in [-0.2, -0.15) is 0 Å². The highest BCUT2D eigenvalue weighted by Crippen LogP contribution is 2.46. The molecule has 4 rings (SSSR count). The number of carbonyl (C=O) groups excluding carboxylic acids is 1. The van der Waals surface area contributed by atoms with E-state index in [0.717, 1.165) is 30.4 Å². The SMILES string of the molecule is CCCOC(C(CCOc1cccc(C2CCC(c3cc(OC)c(OC)c(OC)c3)O2)c1)S(=O)(=O)CC(C)=O)N1CCOCC1. The number of morpholine rings is 1. The minimum absolute atomic E-state index is 0.140. The molecule has 0 aliphatic carbocycles. The van der Waals surface area contributed by atoms with Crippen molar-refractivity contribution >= 4 is 15.6 Å². The van der Waals surface area contributed by atoms with Crippen molar-refractivity contribution in [1.82, 2.24) is 4.90 Å². The van der Waals surface area contributed by atoms with Gasteiger partial charge >= 0.3 is 0 Å². The zero-order chi connectivity index (χ0) is 32.4. The van der Waals surface area contributed by atoms with Gasteiger partial charge in [0.25, 0.3) is 0 Å². The number of Topliss-reactive ketones (excluding diaryl/α,β-unsaturated/α-hetero) is 1. The fourth-order valence-corrected chi connectivity index (χ4v) is 7.76. The van der Waals surface area contributed by atoms with Crippen molar-refractivity contribution in [2.75, 3.05) is 66.6 Å². The first-order valence-electron chi connectivity index (χ1n) is 15.5. The van der Waals surface area contributed by atoms with Crippen molar-refractivity contribution in [1.29, 1.82) is 0 Å². The molecule has 2 aliphatic heterocycles. The Kier molecular flexibility index (Phi) is 12.9. The van der Waals surface area contributed by atoms with Gasteiger partial charge in [0, 0.05) is 26.1 Å². The van der Waals surface area contributed by atoms with E-state index >= 15 is 0 Å². The molecular weight excluding hydrogens is 602 g/mol. The van der Waals surface area contributed by atoms with E-state index < -0.39 is 32.9 Å². The second kappa shape index (κ2) is 16.6. The predicted molar refractivity (Wildman–Crippen MR) is 169 cm³/mol. The Bertz CT molecular complexity index is 1340. The number of nitrogens with zero attached hydrogens (tertiary/aromatic N) is 1. The monoisotopic (exact) mass is 649 g/mol. The summed E-state index contributed by atoms with van der Waals surface area (Å²) < 4.78 is 67.6. The average molecular weight is 650 g/mol. The van der Waals surface area contributed by atoms with E-state index in [-0.39, 0.29) is 25.2 Å². The Morgan fingerprint density at radius 1 is 0.956 bits per heavy atom. The highest BCUT2D eigenvalue weighted by Gasteiger charge is 2.39. The Hall–Kier alpha value is -2.90. The fraction of sp³-hybridized carbons (Fsp3) is 0.606. The Morgan fingerprint density at radius 2 is 1.62 bits per heavy atom. The first-order valence-corrected chi connectivity index (χ1v) is 17.2. The van der Waals surface area contributed by atoms with Gasteiger partial charge in [0.1, 0.15) is 28.8 Å². The number of methoxy groups -OCH3 is 3. The van der Waals surface area contributed by atoms with Crippen molar-refractivity contribution < 1.29 is 46.4 Å². The number of hydrogen-bond acceptors (Lipinski definition) is 11. The second-order valence-electron chi connectivity index (χ2n) is 11.3. The molecule has 2 aromatic rings. The van der Waals surface area contributed by atoms with Crippen molar-refractivity contribution in [3.8, 4) is 23.0 Å². The van der Waals surface area contributed by atoms with Crippen LogP contribution in [0, 0.1) is 0 Å². The summed E-state index contributed by atoms with van der Waals surface area (Å²) in [5.41, 5.74) is 1.91. The Balaban J connectivity index is 1.45. The van der Waals surface area contributed by atoms with Gasteiger partial charge in [0.2, 0.25) is 5.75 Å². The Labute approximate surface area is 266 Å². The van der Waals surface area contributed by atoms with Crippen molar-refractivity contribution in [2.24, 2.45) is 0 Å². The maximum Gasteiger partial charge on any atom is 0.203 e. The van der Waals surface area contributed by atoms with Gasteiger partial charge < -0.3 is 33.2 Å². The molecule has 2 aliphatic rings. The summed E-state index contributed by atoms with van der Waals surface area (Å²) in [6, 6.07) is 11.5. The largest absolute Gasteiger partial charge is 0.494 e. The minimum atomic E-state index is -3.81. The van der Waals surface area contributed by atoms with Crippen molar-refractivity contribution in [3.05, 3.63) is 47.5 Å². The molecule has 0 N–H and O–H groups in total. The van der Waals surface area contributed by atoms with Gasteiger partial charge in [0.05, 0.1) is 53.4 Å². The van der Waals surface area contributed by atoms with Crippen LogP contribution in [0.1, 0.15) is 62.9 Å². The lowest BCUT2D eigenvalue weighted by atomic mass is 10.0. The third kappa shape index (κ3) is 9.10. The number of benzene rings is 2. The summed E-state index contributed by atoms with van der Waals surface area (Å²) >= 11 is 0. The predicted octanol–water partition coefficient (Wildman–Crippen LogP) is 4.53. The zero-order valence-corrected chi connectivity index (χ0v) is 27.8. The van der Waals surface area contributed by atoms with Crippen LogP contribution in [0.5, 0.6) is 23.0 Å². The quantitative estimate of drug-likeness (QED) is 0.241. The van der Waals surface area contributed by atoms with Gasteiger partial charge in [-0.25, -0.2) is 8.42 Å². The summed E-state index contributed by atoms with van der Waals surface area (Å²) in [6.07, 6.45) is 1.56. The van der Waals surface area contributed by atoms with Crippen LogP contribution in [0.2, 0.25) is 0 Å². The fourth-order valence-electron chi connectivity index (χ4n) is 5.92. The van der Waals surface area contributed by atoms with Gasteiger partial charge in [-0.15, -0.1) is 0 Å². The molecule has 0 amide bonds. The number of carbonyl (C=O) groups is 1. The van der Waals surface area contributed by atoms with E-state index in [1.165, 1.54) is 6.92 Å². The molecular formula is C33H47NO10S. The standard InChI is InChI=1S/C33H47NO10S/c1-6-15-43-33(34-13-17-41-18-14-34)31(45(36,37)22-23(2)35)12-16-42-26-9-7-8-24(19-26)27-10-11-28(44-27)25-20-29(38-3)32(40-5)30(21-25)39-4/h7-9,19-21,27-28,31,33H,6,10-18,22H2,1-5H3. The van der Waals surface area contributed by atoms with Crippen molar-refractivity contribution in [2.45, 2.75) is 63.2 Å². The van der Waals surface area contributed by atoms with Crippen LogP contribution in [0.3, 0.4) is 0 Å². The summed E-state index contributed by atoms with van der Waals surface area (Å²) in [6.45, 7) is 5.94. The number of ether oxygens (including phenoxy) is 7. The lowest BCUT2D eigenvalue weighted by molar-refractivity contribution is -0.114. The molecule has 2 aromatic carbocycles. The van der Waals surface area contributed by atoms with Crippen LogP contribution in [0.15, 0.2) is 36.4 Å². The van der Waals surface area contributed by atoms with Gasteiger partial charge in [-0.3, -0.25) is 9.69 Å². The molecule has 0 aromatic heterocycles. The normalized spacial score (nSPS) is 20.4. The third-order valence-electron chi connectivity index (χ3n) is 8.06. The number of hydrogen-bond donors (Lipinski definition) is 0. The zero-order valence-electron chi connectivity index (χ0n) is 27.0. The highest BCUT2D eigenvalue weighted by molar-refractivity contribution is 7.92. The number of ketones is 1. The molecule has 12 heteroatoms. The smallest absolute Gasteiger partial charge is 0.203 e. The third-order valence-corrected chi connectivity index (χ3v) is 10.3. The molecule has 250 valence electrons. The Morgan fingerprint density at radius 3 is 2.22 bits per heavy atom. The minimum Gasteiger partial charge on any atom is -0.494 e. The lowest BCUT2D eigenvalue weighted by Gasteiger charge is -2.38. The summed E-state index contributed by atoms with van der Waals surface area (Å²) in [4.78, 5) is 13.9. The van der Waals surface area contributed by atoms with Crippen LogP contribution in [-0.2, 0) is 28.8 Å². The maximum absolute atomic E-state index is 13.5. The van der Waals surface area contributed by atoms with E-state index in [9.17, 15) is 13.2 Å². The lowest BCUT2D eigenvalue weighted by Crippen LogP contribution is -2.53. The van der Waals surface area contributed by atoms with Crippen molar-refractivity contribution in [3.63, 3.8) is 0 Å². The van der Waals surface area contributed by atoms with Crippen LogP contribution in [-0.4, -0.2) is 97.2 Å². The van der Waals surface area contributed by atoms with Crippen LogP contribution < -0.4 is 18.9 Å². The molecule has 0 spiro atoms. The molecule has 2 fully saturated rings. The molecule has 2 heterocycles. The van der Waals surface area contributed by atoms with E-state index in [2.05, 4.69) is 0 Å². The van der Waals surface area contributed by atoms with E-state index in [1.54, 1.807) is 21.3 Å². The van der Waals surface area contributed by atoms with Crippen LogP contribution in [0.4, 0.5) is 0 Å². The summed E-state index contributed by atoms with van der Waals surface area (Å²) in [5, 5.41) is -0.924. The molecule has 4 atom stereocenters. The molecule has 0 saturated carbocycles. The first kappa shape index (κ1) is 35.0. The molecule has 4 unspecified atom stereocenters. The second-order valence-corrected chi connectivity index (χ2v) is 13.5. The number of sulfone groups is 1. The maximum atomic E-state index is 13.5. The topological polar surface area (TPSA) is 119 Å². The summed E-state index contributed by atoms with van der Waals surface area (Å²) in [5.74, 6) is 1.38. The average Bonchev–Trinajstić information content (AvgIpc) is 3.54. The van der Waals surface area contributed by atoms with E-state index in [1.807, 2.05) is 48.2 Å². The molecule has 0 radical (unpaired) electrons. The van der Waals surface area contributed by atoms with Gasteiger partial charge in [0.15, 0.2) is 21.3 Å².